The van der Waals surface area contributed by atoms with Gasteiger partial charge in [0, 0.05) is 11.1 Å². The highest BCUT2D eigenvalue weighted by atomic mass is 19.1. The van der Waals surface area contributed by atoms with Crippen LogP contribution in [0.3, 0.4) is 0 Å². The Kier molecular flexibility index (Phi) is 4.08. The van der Waals surface area contributed by atoms with Crippen molar-refractivity contribution >= 4 is 5.97 Å². The van der Waals surface area contributed by atoms with Crippen LogP contribution >= 0.6 is 0 Å². The number of nitrogens with zero attached hydrogens (tertiary/aromatic N) is 1. The van der Waals surface area contributed by atoms with Crippen LogP contribution in [-0.2, 0) is 11.3 Å². The molecule has 108 valence electrons. The monoisotopic (exact) mass is 287 g/mol. The Balaban J connectivity index is 2.17. The molecule has 0 fully saturated rings. The van der Waals surface area contributed by atoms with E-state index in [9.17, 15) is 9.18 Å². The summed E-state index contributed by atoms with van der Waals surface area (Å²) in [6.07, 6.45) is 0. The molecule has 1 aromatic carbocycles. The van der Waals surface area contributed by atoms with Gasteiger partial charge in [0.05, 0.1) is 11.6 Å². The lowest BCUT2D eigenvalue weighted by atomic mass is 10.1. The van der Waals surface area contributed by atoms with Crippen LogP contribution in [-0.4, -0.2) is 5.97 Å². The molecule has 0 aliphatic carbocycles. The van der Waals surface area contributed by atoms with E-state index in [4.69, 9.17) is 14.4 Å². The molecule has 0 N–H and O–H groups in total. The van der Waals surface area contributed by atoms with E-state index in [0.717, 1.165) is 0 Å². The Labute approximate surface area is 121 Å². The SMILES string of the molecule is Cc1oc(C)c(C(=O)OCc2cc(C#N)ccc2F)c1C. The molecule has 4 nitrogen and oxygen atoms in total. The number of carbonyl (C=O) groups is 1. The lowest BCUT2D eigenvalue weighted by Crippen LogP contribution is -2.08. The number of esters is 1. The smallest absolute Gasteiger partial charge is 0.342 e. The van der Waals surface area contributed by atoms with Crippen molar-refractivity contribution in [2.75, 3.05) is 0 Å². The first-order chi connectivity index (χ1) is 9.93. The van der Waals surface area contributed by atoms with Gasteiger partial charge in [-0.05, 0) is 39.0 Å². The molecule has 0 aliphatic rings. The van der Waals surface area contributed by atoms with Gasteiger partial charge in [0.15, 0.2) is 0 Å². The molecule has 0 amide bonds. The maximum absolute atomic E-state index is 13.6. The number of halogens is 1. The van der Waals surface area contributed by atoms with Gasteiger partial charge >= 0.3 is 5.97 Å². The highest BCUT2D eigenvalue weighted by Gasteiger charge is 2.20. The minimum absolute atomic E-state index is 0.165. The highest BCUT2D eigenvalue weighted by molar-refractivity contribution is 5.92. The van der Waals surface area contributed by atoms with Crippen LogP contribution in [0.2, 0.25) is 0 Å². The zero-order chi connectivity index (χ0) is 15.6. The number of nitriles is 1. The number of carbonyl (C=O) groups excluding carboxylic acids is 1. The van der Waals surface area contributed by atoms with Gasteiger partial charge in [0.25, 0.3) is 0 Å². The predicted molar refractivity (Wildman–Crippen MR) is 73.2 cm³/mol. The Hall–Kier alpha value is -2.61. The Morgan fingerprint density at radius 2 is 2.05 bits per heavy atom. The second kappa shape index (κ2) is 5.80. The van der Waals surface area contributed by atoms with E-state index >= 15 is 0 Å². The van der Waals surface area contributed by atoms with E-state index in [2.05, 4.69) is 0 Å². The van der Waals surface area contributed by atoms with Gasteiger partial charge in [-0.25, -0.2) is 9.18 Å². The van der Waals surface area contributed by atoms with Crippen molar-refractivity contribution in [3.8, 4) is 6.07 Å². The molecule has 0 saturated heterocycles. The average molecular weight is 287 g/mol. The fraction of sp³-hybridized carbons (Fsp3) is 0.250. The lowest BCUT2D eigenvalue weighted by Gasteiger charge is -2.06. The minimum Gasteiger partial charge on any atom is -0.465 e. The molecule has 0 atom stereocenters. The third-order valence-electron chi connectivity index (χ3n) is 3.30. The van der Waals surface area contributed by atoms with Gasteiger partial charge in [-0.1, -0.05) is 0 Å². The summed E-state index contributed by atoms with van der Waals surface area (Å²) in [5.74, 6) is 0.0422. The normalized spacial score (nSPS) is 10.2. The van der Waals surface area contributed by atoms with Crippen molar-refractivity contribution in [2.24, 2.45) is 0 Å². The molecule has 1 aromatic heterocycles. The lowest BCUT2D eigenvalue weighted by molar-refractivity contribution is 0.0466. The van der Waals surface area contributed by atoms with E-state index in [0.29, 0.717) is 28.2 Å². The first kappa shape index (κ1) is 14.8. The number of rotatable bonds is 3. The summed E-state index contributed by atoms with van der Waals surface area (Å²) < 4.78 is 24.1. The molecular weight excluding hydrogens is 273 g/mol. The molecule has 0 saturated carbocycles. The molecule has 1 heterocycles. The minimum atomic E-state index is -0.566. The van der Waals surface area contributed by atoms with Gasteiger partial charge in [-0.15, -0.1) is 0 Å². The topological polar surface area (TPSA) is 63.2 Å². The van der Waals surface area contributed by atoms with Gasteiger partial charge in [0.2, 0.25) is 0 Å². The summed E-state index contributed by atoms with van der Waals surface area (Å²) in [5.41, 5.74) is 1.56. The Bertz CT molecular complexity index is 741. The largest absolute Gasteiger partial charge is 0.465 e. The molecule has 0 unspecified atom stereocenters. The second-order valence-electron chi connectivity index (χ2n) is 4.71. The molecule has 5 heteroatoms. The van der Waals surface area contributed by atoms with Crippen LogP contribution < -0.4 is 0 Å². The standard InChI is InChI=1S/C16H14FNO3/c1-9-10(2)21-11(3)15(9)16(19)20-8-13-6-12(7-18)4-5-14(13)17/h4-6H,8H2,1-3H3. The van der Waals surface area contributed by atoms with Crippen molar-refractivity contribution in [1.82, 2.24) is 0 Å². The number of aryl methyl sites for hydroxylation is 2. The van der Waals surface area contributed by atoms with E-state index in [1.54, 1.807) is 20.8 Å². The van der Waals surface area contributed by atoms with E-state index in [-0.39, 0.29) is 12.2 Å². The van der Waals surface area contributed by atoms with Crippen LogP contribution in [0, 0.1) is 37.9 Å². The van der Waals surface area contributed by atoms with E-state index in [1.807, 2.05) is 6.07 Å². The van der Waals surface area contributed by atoms with Crippen LogP contribution in [0.4, 0.5) is 4.39 Å². The molecule has 0 aliphatic heterocycles. The van der Waals surface area contributed by atoms with Crippen LogP contribution in [0.25, 0.3) is 0 Å². The number of benzene rings is 1. The highest BCUT2D eigenvalue weighted by Crippen LogP contribution is 2.22. The third-order valence-corrected chi connectivity index (χ3v) is 3.30. The Morgan fingerprint density at radius 3 is 2.62 bits per heavy atom. The second-order valence-corrected chi connectivity index (χ2v) is 4.71. The van der Waals surface area contributed by atoms with Gasteiger partial charge in [-0.2, -0.15) is 5.26 Å². The van der Waals surface area contributed by atoms with Gasteiger partial charge in [-0.3, -0.25) is 0 Å². The average Bonchev–Trinajstić information content (AvgIpc) is 2.71. The van der Waals surface area contributed by atoms with Gasteiger partial charge < -0.3 is 9.15 Å². The maximum Gasteiger partial charge on any atom is 0.342 e. The quantitative estimate of drug-likeness (QED) is 0.809. The van der Waals surface area contributed by atoms with Crippen LogP contribution in [0.1, 0.15) is 38.6 Å². The molecule has 21 heavy (non-hydrogen) atoms. The molecule has 0 bridgehead atoms. The first-order valence-corrected chi connectivity index (χ1v) is 6.36. The zero-order valence-corrected chi connectivity index (χ0v) is 12.0. The molecular formula is C16H14FNO3. The van der Waals surface area contributed by atoms with Crippen LogP contribution in [0.5, 0.6) is 0 Å². The number of furan rings is 1. The molecule has 2 aromatic rings. The molecule has 0 spiro atoms. The van der Waals surface area contributed by atoms with Crippen molar-refractivity contribution in [1.29, 1.82) is 5.26 Å². The molecule has 2 rings (SSSR count). The fourth-order valence-electron chi connectivity index (χ4n) is 2.06. The summed E-state index contributed by atoms with van der Waals surface area (Å²) in [5, 5.41) is 8.79. The fourth-order valence-corrected chi connectivity index (χ4v) is 2.06. The Morgan fingerprint density at radius 1 is 1.33 bits per heavy atom. The predicted octanol–water partition coefficient (Wildman–Crippen LogP) is 3.57. The summed E-state index contributed by atoms with van der Waals surface area (Å²) in [6, 6.07) is 5.83. The van der Waals surface area contributed by atoms with Crippen molar-refractivity contribution in [3.63, 3.8) is 0 Å². The van der Waals surface area contributed by atoms with Crippen molar-refractivity contribution in [3.05, 3.63) is 57.8 Å². The summed E-state index contributed by atoms with van der Waals surface area (Å²) in [7, 11) is 0. The summed E-state index contributed by atoms with van der Waals surface area (Å²) >= 11 is 0. The van der Waals surface area contributed by atoms with Crippen molar-refractivity contribution in [2.45, 2.75) is 27.4 Å². The number of hydrogen-bond acceptors (Lipinski definition) is 4. The zero-order valence-electron chi connectivity index (χ0n) is 12.0. The molecule has 0 radical (unpaired) electrons. The van der Waals surface area contributed by atoms with Crippen LogP contribution in [0.15, 0.2) is 22.6 Å². The number of ether oxygens (including phenoxy) is 1. The van der Waals surface area contributed by atoms with E-state index < -0.39 is 11.8 Å². The summed E-state index contributed by atoms with van der Waals surface area (Å²) in [6.45, 7) is 4.96. The van der Waals surface area contributed by atoms with Crippen molar-refractivity contribution < 1.29 is 18.3 Å². The first-order valence-electron chi connectivity index (χ1n) is 6.36. The van der Waals surface area contributed by atoms with Gasteiger partial charge in [0.1, 0.15) is 29.5 Å². The third kappa shape index (κ3) is 2.95. The maximum atomic E-state index is 13.6. The summed E-state index contributed by atoms with van der Waals surface area (Å²) in [4.78, 5) is 12.1. The van der Waals surface area contributed by atoms with E-state index in [1.165, 1.54) is 18.2 Å². The number of hydrogen-bond donors (Lipinski definition) is 0.